The van der Waals surface area contributed by atoms with Crippen LogP contribution in [0.3, 0.4) is 0 Å². The number of aromatic nitrogens is 1. The van der Waals surface area contributed by atoms with Gasteiger partial charge in [0, 0.05) is 29.6 Å². The molecule has 178 valence electrons. The van der Waals surface area contributed by atoms with Crippen LogP contribution in [0.5, 0.6) is 0 Å². The molecule has 1 aliphatic rings. The van der Waals surface area contributed by atoms with E-state index >= 15 is 0 Å². The number of amides is 1. The molecule has 1 aromatic heterocycles. The van der Waals surface area contributed by atoms with Gasteiger partial charge in [-0.15, -0.1) is 11.3 Å². The van der Waals surface area contributed by atoms with Gasteiger partial charge in [-0.2, -0.15) is 0 Å². The Kier molecular flexibility index (Phi) is 7.43. The number of nitrogens with zero attached hydrogens (tertiary/aromatic N) is 2. The van der Waals surface area contributed by atoms with Crippen molar-refractivity contribution in [3.8, 4) is 10.6 Å². The van der Waals surface area contributed by atoms with Crippen molar-refractivity contribution in [1.82, 2.24) is 9.71 Å². The molecular formula is C25H28N4O3S2. The smallest absolute Gasteiger partial charge is 0.275 e. The Morgan fingerprint density at radius 1 is 1.00 bits per heavy atom. The molecule has 0 atom stereocenters. The Hall–Kier alpha value is -3.04. The lowest BCUT2D eigenvalue weighted by atomic mass is 10.0. The maximum Gasteiger partial charge on any atom is 0.275 e. The van der Waals surface area contributed by atoms with E-state index in [9.17, 15) is 13.2 Å². The first-order valence-electron chi connectivity index (χ1n) is 11.4. The molecule has 3 aromatic rings. The molecule has 2 N–H and O–H groups in total. The summed E-state index contributed by atoms with van der Waals surface area (Å²) in [6.07, 6.45) is 3.58. The van der Waals surface area contributed by atoms with Crippen molar-refractivity contribution in [2.75, 3.05) is 11.9 Å². The summed E-state index contributed by atoms with van der Waals surface area (Å²) in [6, 6.07) is 14.3. The molecule has 0 aliphatic carbocycles. The van der Waals surface area contributed by atoms with Crippen molar-refractivity contribution < 1.29 is 13.2 Å². The van der Waals surface area contributed by atoms with Crippen LogP contribution in [0.15, 0.2) is 63.8 Å². The Balaban J connectivity index is 1.40. The second kappa shape index (κ2) is 10.5. The molecule has 1 aliphatic heterocycles. The monoisotopic (exact) mass is 496 g/mol. The summed E-state index contributed by atoms with van der Waals surface area (Å²) in [5, 5.41) is 5.27. The molecule has 1 amide bonds. The summed E-state index contributed by atoms with van der Waals surface area (Å²) in [6.45, 7) is 4.93. The van der Waals surface area contributed by atoms with Gasteiger partial charge < -0.3 is 5.32 Å². The van der Waals surface area contributed by atoms with Gasteiger partial charge in [0.2, 0.25) is 0 Å². The van der Waals surface area contributed by atoms with Gasteiger partial charge in [-0.3, -0.25) is 14.5 Å². The summed E-state index contributed by atoms with van der Waals surface area (Å²) in [5.41, 5.74) is 3.03. The first-order chi connectivity index (χ1) is 16.3. The molecule has 0 bridgehead atoms. The van der Waals surface area contributed by atoms with Crippen LogP contribution in [-0.2, 0) is 10.0 Å². The van der Waals surface area contributed by atoms with Crippen LogP contribution in [0.4, 0.5) is 5.69 Å². The standard InChI is InChI=1S/C25H28N4O3S2/c1-17(2)18-7-9-19(10-8-18)25-28-22(16-33-25)24(30)27-20-11-13-21(14-12-20)34(31,32)29-23-6-4-3-5-15-26-23/h7-14,16-17H,3-6,15H2,1-2H3,(H,26,29)(H,27,30). The highest BCUT2D eigenvalue weighted by atomic mass is 32.2. The van der Waals surface area contributed by atoms with Crippen LogP contribution in [0.25, 0.3) is 10.6 Å². The molecule has 9 heteroatoms. The molecular weight excluding hydrogens is 468 g/mol. The van der Waals surface area contributed by atoms with Crippen LogP contribution >= 0.6 is 11.3 Å². The third-order valence-corrected chi connectivity index (χ3v) is 7.90. The van der Waals surface area contributed by atoms with Gasteiger partial charge in [0.15, 0.2) is 0 Å². The highest BCUT2D eigenvalue weighted by Gasteiger charge is 2.18. The largest absolute Gasteiger partial charge is 0.321 e. The molecule has 4 rings (SSSR count). The number of hydrogen-bond acceptors (Lipinski definition) is 6. The number of anilines is 1. The zero-order valence-corrected chi connectivity index (χ0v) is 20.9. The van der Waals surface area contributed by atoms with Crippen molar-refractivity contribution in [2.24, 2.45) is 4.99 Å². The lowest BCUT2D eigenvalue weighted by Crippen LogP contribution is -2.30. The number of sulfonamides is 1. The predicted molar refractivity (Wildman–Crippen MR) is 137 cm³/mol. The number of nitrogens with one attached hydrogen (secondary N) is 2. The van der Waals surface area contributed by atoms with Gasteiger partial charge in [-0.25, -0.2) is 13.4 Å². The van der Waals surface area contributed by atoms with Crippen LogP contribution in [0.2, 0.25) is 0 Å². The van der Waals surface area contributed by atoms with Crippen LogP contribution in [0.1, 0.15) is 61.5 Å². The van der Waals surface area contributed by atoms with Crippen molar-refractivity contribution in [3.05, 3.63) is 65.2 Å². The number of hydrogen-bond donors (Lipinski definition) is 2. The van der Waals surface area contributed by atoms with Gasteiger partial charge in [0.25, 0.3) is 15.9 Å². The summed E-state index contributed by atoms with van der Waals surface area (Å²) < 4.78 is 27.9. The van der Waals surface area contributed by atoms with Gasteiger partial charge in [0.05, 0.1) is 4.90 Å². The molecule has 2 heterocycles. The Morgan fingerprint density at radius 3 is 2.44 bits per heavy atom. The lowest BCUT2D eigenvalue weighted by molar-refractivity contribution is 0.102. The third kappa shape index (κ3) is 5.90. The first kappa shape index (κ1) is 24.1. The van der Waals surface area contributed by atoms with Crippen molar-refractivity contribution >= 4 is 38.8 Å². The molecule has 0 unspecified atom stereocenters. The normalized spacial score (nSPS) is 14.4. The number of benzene rings is 2. The summed E-state index contributed by atoms with van der Waals surface area (Å²) in [7, 11) is -3.71. The number of rotatable bonds is 6. The molecule has 0 spiro atoms. The summed E-state index contributed by atoms with van der Waals surface area (Å²) >= 11 is 1.41. The summed E-state index contributed by atoms with van der Waals surface area (Å²) in [5.74, 6) is 0.616. The zero-order valence-electron chi connectivity index (χ0n) is 19.2. The van der Waals surface area contributed by atoms with E-state index in [0.717, 1.165) is 29.8 Å². The lowest BCUT2D eigenvalue weighted by Gasteiger charge is -2.10. The molecule has 0 saturated carbocycles. The molecule has 0 fully saturated rings. The van der Waals surface area contributed by atoms with Crippen LogP contribution in [0, 0.1) is 0 Å². The van der Waals surface area contributed by atoms with Gasteiger partial charge >= 0.3 is 0 Å². The van der Waals surface area contributed by atoms with E-state index in [1.807, 2.05) is 12.1 Å². The molecule has 7 nitrogen and oxygen atoms in total. The Labute approximate surface area is 204 Å². The van der Waals surface area contributed by atoms with Gasteiger partial charge in [0.1, 0.15) is 16.5 Å². The molecule has 34 heavy (non-hydrogen) atoms. The SMILES string of the molecule is CC(C)c1ccc(-c2nc(C(=O)Nc3ccc(S(=O)(=O)NC4=NCCCCC4)cc3)cs2)cc1. The second-order valence-corrected chi connectivity index (χ2v) is 11.1. The number of thiazole rings is 1. The second-order valence-electron chi connectivity index (χ2n) is 8.54. The van der Waals surface area contributed by atoms with Crippen LogP contribution in [-0.4, -0.2) is 31.7 Å². The number of carbonyl (C=O) groups excluding carboxylic acids is 1. The van der Waals surface area contributed by atoms with Crippen molar-refractivity contribution in [1.29, 1.82) is 0 Å². The van der Waals surface area contributed by atoms with E-state index in [4.69, 9.17) is 0 Å². The Morgan fingerprint density at radius 2 is 1.74 bits per heavy atom. The average molecular weight is 497 g/mol. The Bertz CT molecular complexity index is 1280. The maximum atomic E-state index is 12.7. The molecule has 0 saturated heterocycles. The number of carbonyl (C=O) groups is 1. The zero-order chi connectivity index (χ0) is 24.1. The highest BCUT2D eigenvalue weighted by Crippen LogP contribution is 2.26. The van der Waals surface area contributed by atoms with E-state index in [-0.39, 0.29) is 10.8 Å². The average Bonchev–Trinajstić information content (AvgIpc) is 3.19. The highest BCUT2D eigenvalue weighted by molar-refractivity contribution is 7.90. The first-order valence-corrected chi connectivity index (χ1v) is 13.7. The maximum absolute atomic E-state index is 12.7. The number of aliphatic imine (C=N–C) groups is 1. The minimum Gasteiger partial charge on any atom is -0.321 e. The fraction of sp³-hybridized carbons (Fsp3) is 0.320. The van der Waals surface area contributed by atoms with E-state index in [0.29, 0.717) is 36.1 Å². The van der Waals surface area contributed by atoms with E-state index in [2.05, 4.69) is 46.0 Å². The third-order valence-electron chi connectivity index (χ3n) is 5.61. The summed E-state index contributed by atoms with van der Waals surface area (Å²) in [4.78, 5) is 21.6. The van der Waals surface area contributed by atoms with E-state index < -0.39 is 10.0 Å². The van der Waals surface area contributed by atoms with Gasteiger partial charge in [-0.1, -0.05) is 44.5 Å². The van der Waals surface area contributed by atoms with Crippen molar-refractivity contribution in [3.63, 3.8) is 0 Å². The fourth-order valence-corrected chi connectivity index (χ4v) is 5.50. The van der Waals surface area contributed by atoms with Gasteiger partial charge in [-0.05, 0) is 48.6 Å². The molecule has 0 radical (unpaired) electrons. The topological polar surface area (TPSA) is 101 Å². The molecule has 2 aromatic carbocycles. The number of amidine groups is 1. The minimum atomic E-state index is -3.71. The fourth-order valence-electron chi connectivity index (χ4n) is 3.61. The van der Waals surface area contributed by atoms with Crippen LogP contribution < -0.4 is 10.0 Å². The predicted octanol–water partition coefficient (Wildman–Crippen LogP) is 5.44. The van der Waals surface area contributed by atoms with Crippen molar-refractivity contribution in [2.45, 2.75) is 50.3 Å². The van der Waals surface area contributed by atoms with E-state index in [1.54, 1.807) is 17.5 Å². The van der Waals surface area contributed by atoms with E-state index in [1.165, 1.54) is 29.0 Å². The quantitative estimate of drug-likeness (QED) is 0.475. The minimum absolute atomic E-state index is 0.123.